The predicted molar refractivity (Wildman–Crippen MR) is 118 cm³/mol. The number of likely N-dealkylation sites (N-methyl/N-ethyl adjacent to an activating group) is 1. The molecule has 1 aliphatic rings. The van der Waals surface area contributed by atoms with E-state index in [-0.39, 0.29) is 0 Å². The summed E-state index contributed by atoms with van der Waals surface area (Å²) >= 11 is 12.4. The number of halogens is 2. The molecule has 1 unspecified atom stereocenters. The van der Waals surface area contributed by atoms with Gasteiger partial charge in [0.15, 0.2) is 0 Å². The van der Waals surface area contributed by atoms with E-state index in [9.17, 15) is 5.26 Å². The molecule has 1 saturated carbocycles. The van der Waals surface area contributed by atoms with Gasteiger partial charge in [0.25, 0.3) is 0 Å². The van der Waals surface area contributed by atoms with E-state index in [4.69, 9.17) is 23.2 Å². The molecule has 4 heteroatoms. The molecule has 2 aromatic carbocycles. The van der Waals surface area contributed by atoms with Crippen molar-refractivity contribution in [1.29, 1.82) is 5.26 Å². The highest BCUT2D eigenvalue weighted by atomic mass is 35.5. The maximum Gasteiger partial charge on any atom is 0.0851 e. The van der Waals surface area contributed by atoms with E-state index in [0.717, 1.165) is 50.8 Å². The average Bonchev–Trinajstić information content (AvgIpc) is 2.67. The van der Waals surface area contributed by atoms with Crippen LogP contribution in [-0.4, -0.2) is 25.0 Å². The molecule has 148 valence electrons. The molecule has 0 aromatic heterocycles. The third kappa shape index (κ3) is 4.90. The molecule has 0 heterocycles. The molecule has 0 radical (unpaired) electrons. The summed E-state index contributed by atoms with van der Waals surface area (Å²) in [5, 5.41) is 11.3. The molecule has 1 fully saturated rings. The lowest BCUT2D eigenvalue weighted by Gasteiger charge is -2.41. The lowest BCUT2D eigenvalue weighted by Crippen LogP contribution is -2.39. The number of benzene rings is 2. The second-order valence-electron chi connectivity index (χ2n) is 7.98. The van der Waals surface area contributed by atoms with Gasteiger partial charge in [-0.1, -0.05) is 66.0 Å². The van der Waals surface area contributed by atoms with Crippen molar-refractivity contribution in [3.05, 3.63) is 69.7 Å². The maximum absolute atomic E-state index is 10.2. The Morgan fingerprint density at radius 3 is 2.43 bits per heavy atom. The minimum absolute atomic E-state index is 0.421. The highest BCUT2D eigenvalue weighted by molar-refractivity contribution is 6.42. The van der Waals surface area contributed by atoms with Crippen LogP contribution in [0.3, 0.4) is 0 Å². The van der Waals surface area contributed by atoms with Crippen LogP contribution in [0.25, 0.3) is 0 Å². The highest BCUT2D eigenvalue weighted by Gasteiger charge is 2.43. The molecule has 1 atom stereocenters. The fraction of sp³-hybridized carbons (Fsp3) is 0.458. The van der Waals surface area contributed by atoms with Crippen LogP contribution in [0.5, 0.6) is 0 Å². The third-order valence-electron chi connectivity index (χ3n) is 6.17. The lowest BCUT2D eigenvalue weighted by atomic mass is 9.61. The van der Waals surface area contributed by atoms with E-state index in [1.54, 1.807) is 0 Å². The quantitative estimate of drug-likeness (QED) is 0.467. The van der Waals surface area contributed by atoms with E-state index < -0.39 is 5.41 Å². The summed E-state index contributed by atoms with van der Waals surface area (Å²) in [5.41, 5.74) is 1.94. The van der Waals surface area contributed by atoms with Gasteiger partial charge in [-0.25, -0.2) is 0 Å². The Bertz CT molecular complexity index is 811. The average molecular weight is 415 g/mol. The zero-order valence-electron chi connectivity index (χ0n) is 16.5. The van der Waals surface area contributed by atoms with Crippen LogP contribution in [0.1, 0.15) is 43.2 Å². The molecule has 2 nitrogen and oxygen atoms in total. The minimum atomic E-state index is -0.452. The Labute approximate surface area is 179 Å². The summed E-state index contributed by atoms with van der Waals surface area (Å²) in [4.78, 5) is 2.37. The molecule has 28 heavy (non-hydrogen) atoms. The van der Waals surface area contributed by atoms with Gasteiger partial charge in [-0.3, -0.25) is 0 Å². The summed E-state index contributed by atoms with van der Waals surface area (Å²) in [7, 11) is 2.17. The molecule has 0 bridgehead atoms. The highest BCUT2D eigenvalue weighted by Crippen LogP contribution is 2.47. The molecule has 0 N–H and O–H groups in total. The monoisotopic (exact) mass is 414 g/mol. The summed E-state index contributed by atoms with van der Waals surface area (Å²) in [6.07, 6.45) is 6.37. The normalized spacial score (nSPS) is 16.4. The van der Waals surface area contributed by atoms with Crippen LogP contribution in [-0.2, 0) is 11.8 Å². The summed E-state index contributed by atoms with van der Waals surface area (Å²) in [5.74, 6) is 0.421. The molecule has 0 saturated heterocycles. The van der Waals surface area contributed by atoms with Crippen molar-refractivity contribution in [3.63, 3.8) is 0 Å². The molecular formula is C24H28Cl2N2. The van der Waals surface area contributed by atoms with Crippen LogP contribution in [0, 0.1) is 17.2 Å². The largest absolute Gasteiger partial charge is 0.306 e. The van der Waals surface area contributed by atoms with E-state index >= 15 is 0 Å². The second kappa shape index (κ2) is 9.79. The van der Waals surface area contributed by atoms with Gasteiger partial charge in [0.05, 0.1) is 21.5 Å². The topological polar surface area (TPSA) is 27.0 Å². The van der Waals surface area contributed by atoms with Crippen molar-refractivity contribution in [2.24, 2.45) is 5.92 Å². The molecule has 0 aliphatic heterocycles. The fourth-order valence-electron chi connectivity index (χ4n) is 4.17. The number of hydrogen-bond acceptors (Lipinski definition) is 2. The molecular weight excluding hydrogens is 387 g/mol. The first kappa shape index (κ1) is 21.2. The number of rotatable bonds is 9. The van der Waals surface area contributed by atoms with E-state index in [0.29, 0.717) is 16.0 Å². The Hall–Kier alpha value is -1.53. The first-order valence-corrected chi connectivity index (χ1v) is 10.9. The smallest absolute Gasteiger partial charge is 0.0851 e. The second-order valence-corrected chi connectivity index (χ2v) is 8.80. The lowest BCUT2D eigenvalue weighted by molar-refractivity contribution is 0.189. The maximum atomic E-state index is 10.2. The van der Waals surface area contributed by atoms with Crippen LogP contribution in [0.15, 0.2) is 48.5 Å². The molecule has 1 aliphatic carbocycles. The van der Waals surface area contributed by atoms with Crippen molar-refractivity contribution < 1.29 is 0 Å². The molecule has 0 amide bonds. The van der Waals surface area contributed by atoms with Crippen molar-refractivity contribution in [1.82, 2.24) is 4.90 Å². The molecule has 0 spiro atoms. The van der Waals surface area contributed by atoms with Crippen molar-refractivity contribution in [2.75, 3.05) is 20.1 Å². The third-order valence-corrected chi connectivity index (χ3v) is 6.91. The van der Waals surface area contributed by atoms with Gasteiger partial charge in [-0.2, -0.15) is 5.26 Å². The van der Waals surface area contributed by atoms with Crippen LogP contribution in [0.2, 0.25) is 10.0 Å². The van der Waals surface area contributed by atoms with Crippen LogP contribution in [0.4, 0.5) is 0 Å². The summed E-state index contributed by atoms with van der Waals surface area (Å²) < 4.78 is 0. The van der Waals surface area contributed by atoms with E-state index in [1.165, 1.54) is 12.0 Å². The van der Waals surface area contributed by atoms with Gasteiger partial charge in [0, 0.05) is 6.54 Å². The standard InChI is InChI=1S/C24H28Cl2N2/c1-28(16-13-19-7-3-2-4-8-19)15-6-14-24(18-27,20-9-5-10-20)21-11-12-22(25)23(26)17-21/h2-4,7-8,11-12,17,20H,5-6,9-10,13-16H2,1H3. The SMILES string of the molecule is CN(CCCC(C#N)(c1ccc(Cl)c(Cl)c1)C1CCC1)CCc1ccccc1. The van der Waals surface area contributed by atoms with Crippen LogP contribution < -0.4 is 0 Å². The first-order valence-electron chi connectivity index (χ1n) is 10.1. The Balaban J connectivity index is 1.62. The van der Waals surface area contributed by atoms with Crippen molar-refractivity contribution >= 4 is 23.2 Å². The summed E-state index contributed by atoms with van der Waals surface area (Å²) in [6, 6.07) is 19.0. The Morgan fingerprint density at radius 2 is 1.82 bits per heavy atom. The fourth-order valence-corrected chi connectivity index (χ4v) is 4.47. The number of nitriles is 1. The first-order chi connectivity index (χ1) is 13.5. The van der Waals surface area contributed by atoms with Crippen molar-refractivity contribution in [2.45, 2.75) is 43.9 Å². The van der Waals surface area contributed by atoms with E-state index in [1.807, 2.05) is 18.2 Å². The Kier molecular flexibility index (Phi) is 7.41. The predicted octanol–water partition coefficient (Wildman–Crippen LogP) is 6.51. The van der Waals surface area contributed by atoms with Gasteiger partial charge < -0.3 is 4.90 Å². The number of nitrogens with zero attached hydrogens (tertiary/aromatic N) is 2. The van der Waals surface area contributed by atoms with Gasteiger partial charge >= 0.3 is 0 Å². The van der Waals surface area contributed by atoms with Gasteiger partial charge in [-0.15, -0.1) is 0 Å². The Morgan fingerprint density at radius 1 is 1.07 bits per heavy atom. The van der Waals surface area contributed by atoms with Crippen LogP contribution >= 0.6 is 23.2 Å². The number of hydrogen-bond donors (Lipinski definition) is 0. The summed E-state index contributed by atoms with van der Waals surface area (Å²) in [6.45, 7) is 2.02. The van der Waals surface area contributed by atoms with Gasteiger partial charge in [-0.05, 0) is 74.9 Å². The zero-order valence-corrected chi connectivity index (χ0v) is 18.0. The molecule has 2 aromatic rings. The zero-order chi connectivity index (χ0) is 20.0. The molecule has 3 rings (SSSR count). The van der Waals surface area contributed by atoms with Crippen molar-refractivity contribution in [3.8, 4) is 6.07 Å². The van der Waals surface area contributed by atoms with Gasteiger partial charge in [0.2, 0.25) is 0 Å². The minimum Gasteiger partial charge on any atom is -0.306 e. The van der Waals surface area contributed by atoms with Gasteiger partial charge in [0.1, 0.15) is 0 Å². The van der Waals surface area contributed by atoms with E-state index in [2.05, 4.69) is 48.3 Å².